The van der Waals surface area contributed by atoms with Crippen LogP contribution in [0.2, 0.25) is 19.6 Å². The predicted molar refractivity (Wildman–Crippen MR) is 64.9 cm³/mol. The summed E-state index contributed by atoms with van der Waals surface area (Å²) in [6.45, 7) is 10.5. The lowest BCUT2D eigenvalue weighted by atomic mass is 10.6. The monoisotopic (exact) mass is 235 g/mol. The van der Waals surface area contributed by atoms with Gasteiger partial charge < -0.3 is 19.9 Å². The molecule has 0 fully saturated rings. The fourth-order valence-electron chi connectivity index (χ4n) is 0.947. The van der Waals surface area contributed by atoms with E-state index in [0.717, 1.165) is 12.8 Å². The molecule has 0 heterocycles. The Morgan fingerprint density at radius 1 is 1.00 bits per heavy atom. The van der Waals surface area contributed by atoms with Crippen LogP contribution in [0.25, 0.3) is 0 Å². The fraction of sp³-hybridized carbons (Fsp3) is 1.00. The lowest BCUT2D eigenvalue weighted by Gasteiger charge is -2.15. The highest BCUT2D eigenvalue weighted by Gasteiger charge is 2.12. The van der Waals surface area contributed by atoms with Gasteiger partial charge in [-0.05, 0) is 0 Å². The van der Waals surface area contributed by atoms with Gasteiger partial charge in [0.25, 0.3) is 0 Å². The molecule has 0 bridgehead atoms. The van der Waals surface area contributed by atoms with E-state index in [0.29, 0.717) is 26.4 Å². The largest absolute Gasteiger partial charge is 0.395 e. The number of hydrogen-bond donors (Lipinski definition) is 2. The Hall–Kier alpha value is 0.0569. The van der Waals surface area contributed by atoms with E-state index in [1.807, 2.05) is 0 Å². The van der Waals surface area contributed by atoms with Crippen LogP contribution in [-0.4, -0.2) is 58.9 Å². The van der Waals surface area contributed by atoms with Crippen LogP contribution < -0.4 is 5.32 Å². The van der Waals surface area contributed by atoms with Gasteiger partial charge >= 0.3 is 0 Å². The molecule has 0 rings (SSSR count). The van der Waals surface area contributed by atoms with Gasteiger partial charge in [-0.2, -0.15) is 0 Å². The summed E-state index contributed by atoms with van der Waals surface area (Å²) in [7, 11) is -1.06. The highest BCUT2D eigenvalue weighted by molar-refractivity contribution is 6.76. The standard InChI is InChI=1S/C10H25NO3Si/c1-15(2,3)10-14-9-8-13-7-5-11-4-6-12/h11-12H,4-10H2,1-3H3. The molecule has 0 aliphatic heterocycles. The summed E-state index contributed by atoms with van der Waals surface area (Å²) in [4.78, 5) is 0. The Morgan fingerprint density at radius 2 is 1.67 bits per heavy atom. The van der Waals surface area contributed by atoms with Crippen LogP contribution in [0.4, 0.5) is 0 Å². The van der Waals surface area contributed by atoms with Crippen LogP contribution in [0.15, 0.2) is 0 Å². The third-order valence-corrected chi connectivity index (χ3v) is 2.69. The van der Waals surface area contributed by atoms with Gasteiger partial charge in [-0.25, -0.2) is 0 Å². The molecule has 15 heavy (non-hydrogen) atoms. The minimum Gasteiger partial charge on any atom is -0.395 e. The predicted octanol–water partition coefficient (Wildman–Crippen LogP) is 0.479. The first-order chi connectivity index (χ1) is 7.06. The first-order valence-electron chi connectivity index (χ1n) is 5.53. The van der Waals surface area contributed by atoms with Crippen molar-refractivity contribution >= 4 is 8.07 Å². The van der Waals surface area contributed by atoms with E-state index in [1.54, 1.807) is 0 Å². The molecule has 0 saturated heterocycles. The van der Waals surface area contributed by atoms with Gasteiger partial charge in [0.1, 0.15) is 0 Å². The van der Waals surface area contributed by atoms with Gasteiger partial charge in [0.2, 0.25) is 0 Å². The summed E-state index contributed by atoms with van der Waals surface area (Å²) in [6, 6.07) is 0. The van der Waals surface area contributed by atoms with E-state index in [4.69, 9.17) is 14.6 Å². The van der Waals surface area contributed by atoms with Crippen molar-refractivity contribution in [1.29, 1.82) is 0 Å². The highest BCUT2D eigenvalue weighted by Crippen LogP contribution is 1.99. The first-order valence-corrected chi connectivity index (χ1v) is 9.24. The molecular formula is C10H25NO3Si. The van der Waals surface area contributed by atoms with E-state index >= 15 is 0 Å². The number of hydrogen-bond acceptors (Lipinski definition) is 4. The zero-order chi connectivity index (χ0) is 11.6. The summed E-state index contributed by atoms with van der Waals surface area (Å²) in [6.07, 6.45) is 0.902. The van der Waals surface area contributed by atoms with Crippen molar-refractivity contribution in [2.75, 3.05) is 45.7 Å². The van der Waals surface area contributed by atoms with Gasteiger partial charge in [-0.1, -0.05) is 19.6 Å². The molecule has 0 saturated carbocycles. The van der Waals surface area contributed by atoms with E-state index in [9.17, 15) is 0 Å². The molecule has 0 aromatic carbocycles. The second-order valence-corrected chi connectivity index (χ2v) is 10.1. The minimum atomic E-state index is -1.06. The van der Waals surface area contributed by atoms with Gasteiger partial charge in [0, 0.05) is 19.3 Å². The van der Waals surface area contributed by atoms with Crippen molar-refractivity contribution in [2.24, 2.45) is 0 Å². The smallest absolute Gasteiger partial charge is 0.0746 e. The maximum absolute atomic E-state index is 8.50. The van der Waals surface area contributed by atoms with E-state index in [-0.39, 0.29) is 6.61 Å². The maximum Gasteiger partial charge on any atom is 0.0746 e. The highest BCUT2D eigenvalue weighted by atomic mass is 28.3. The van der Waals surface area contributed by atoms with Crippen molar-refractivity contribution < 1.29 is 14.6 Å². The molecule has 0 atom stereocenters. The summed E-state index contributed by atoms with van der Waals surface area (Å²) in [5.41, 5.74) is 0. The Morgan fingerprint density at radius 3 is 2.27 bits per heavy atom. The molecule has 0 aromatic rings. The van der Waals surface area contributed by atoms with Crippen molar-refractivity contribution in [3.8, 4) is 0 Å². The summed E-state index contributed by atoms with van der Waals surface area (Å²) in [5, 5.41) is 11.5. The minimum absolute atomic E-state index is 0.180. The average molecular weight is 235 g/mol. The van der Waals surface area contributed by atoms with Gasteiger partial charge in [0.15, 0.2) is 0 Å². The number of ether oxygens (including phenoxy) is 2. The van der Waals surface area contributed by atoms with Crippen molar-refractivity contribution in [3.63, 3.8) is 0 Å². The summed E-state index contributed by atoms with van der Waals surface area (Å²) in [5.74, 6) is 0. The Labute approximate surface area is 94.0 Å². The quantitative estimate of drug-likeness (QED) is 0.427. The number of aliphatic hydroxyl groups excluding tert-OH is 1. The normalized spacial score (nSPS) is 12.0. The van der Waals surface area contributed by atoms with Crippen LogP contribution in [-0.2, 0) is 9.47 Å². The van der Waals surface area contributed by atoms with Crippen LogP contribution in [0.5, 0.6) is 0 Å². The molecule has 0 aromatic heterocycles. The fourth-order valence-corrected chi connectivity index (χ4v) is 1.70. The summed E-state index contributed by atoms with van der Waals surface area (Å²) >= 11 is 0. The lowest BCUT2D eigenvalue weighted by molar-refractivity contribution is 0.0633. The topological polar surface area (TPSA) is 50.7 Å². The maximum atomic E-state index is 8.50. The second kappa shape index (κ2) is 9.29. The first kappa shape index (κ1) is 15.1. The van der Waals surface area contributed by atoms with E-state index < -0.39 is 8.07 Å². The zero-order valence-corrected chi connectivity index (χ0v) is 11.2. The van der Waals surface area contributed by atoms with Crippen molar-refractivity contribution in [3.05, 3.63) is 0 Å². The number of rotatable bonds is 10. The molecule has 0 aliphatic carbocycles. The van der Waals surface area contributed by atoms with E-state index in [2.05, 4.69) is 25.0 Å². The van der Waals surface area contributed by atoms with Gasteiger partial charge in [-0.3, -0.25) is 0 Å². The van der Waals surface area contributed by atoms with Crippen LogP contribution in [0, 0.1) is 0 Å². The van der Waals surface area contributed by atoms with Gasteiger partial charge in [-0.15, -0.1) is 0 Å². The Balaban J connectivity index is 2.99. The molecule has 0 radical (unpaired) electrons. The molecular weight excluding hydrogens is 210 g/mol. The molecule has 92 valence electrons. The molecule has 5 heteroatoms. The van der Waals surface area contributed by atoms with Gasteiger partial charge in [0.05, 0.1) is 34.5 Å². The number of aliphatic hydroxyl groups is 1. The van der Waals surface area contributed by atoms with E-state index in [1.165, 1.54) is 0 Å². The lowest BCUT2D eigenvalue weighted by Crippen LogP contribution is -2.29. The average Bonchev–Trinajstić information content (AvgIpc) is 2.14. The van der Waals surface area contributed by atoms with Crippen LogP contribution in [0.3, 0.4) is 0 Å². The Kier molecular flexibility index (Phi) is 9.33. The molecule has 0 unspecified atom stereocenters. The molecule has 0 spiro atoms. The molecule has 0 amide bonds. The number of nitrogens with one attached hydrogen (secondary N) is 1. The molecule has 0 aliphatic rings. The third kappa shape index (κ3) is 14.1. The SMILES string of the molecule is C[Si](C)(C)COCCOCCNCCO. The van der Waals surface area contributed by atoms with Crippen LogP contribution in [0.1, 0.15) is 0 Å². The third-order valence-electron chi connectivity index (χ3n) is 1.62. The van der Waals surface area contributed by atoms with Crippen molar-refractivity contribution in [2.45, 2.75) is 19.6 Å². The zero-order valence-electron chi connectivity index (χ0n) is 10.2. The molecule has 4 nitrogen and oxygen atoms in total. The second-order valence-electron chi connectivity index (χ2n) is 4.70. The summed E-state index contributed by atoms with van der Waals surface area (Å²) < 4.78 is 10.8. The van der Waals surface area contributed by atoms with Crippen molar-refractivity contribution in [1.82, 2.24) is 5.32 Å². The Bertz CT molecular complexity index is 139. The van der Waals surface area contributed by atoms with Crippen LogP contribution >= 0.6 is 0 Å². The molecule has 2 N–H and O–H groups in total.